The number of phenolic OH excluding ortho intramolecular Hbond substituents is 1. The average Bonchev–Trinajstić information content (AvgIpc) is 2.72. The summed E-state index contributed by atoms with van der Waals surface area (Å²) in [6.45, 7) is 10.3. The number of nitrogens with zero attached hydrogens (tertiary/aromatic N) is 5. The molecule has 11 heteroatoms. The van der Waals surface area contributed by atoms with Gasteiger partial charge in [-0.05, 0) is 18.6 Å². The number of hydrogen-bond donors (Lipinski definition) is 1. The zero-order valence-corrected chi connectivity index (χ0v) is 17.0. The quantitative estimate of drug-likeness (QED) is 0.240. The van der Waals surface area contributed by atoms with Crippen molar-refractivity contribution >= 4 is 28.4 Å². The van der Waals surface area contributed by atoms with Gasteiger partial charge in [-0.3, -0.25) is 20.2 Å². The van der Waals surface area contributed by atoms with E-state index in [1.165, 1.54) is 7.11 Å². The number of anilines is 1. The molecule has 31 heavy (non-hydrogen) atoms. The molecule has 0 saturated carbocycles. The molecule has 0 aliphatic heterocycles. The normalized spacial score (nSPS) is 10.6. The van der Waals surface area contributed by atoms with Crippen LogP contribution in [0.3, 0.4) is 0 Å². The first kappa shape index (κ1) is 23.0. The van der Waals surface area contributed by atoms with Crippen molar-refractivity contribution in [1.29, 1.82) is 0 Å². The number of non-ortho nitro benzene ring substituents is 1. The SMILES string of the molecule is C=CCN(CC=C)c1cc(C)c(/N=N/c2c(O)cc([N+](=O)[O-])cc2[N+](=O)[O-])cc1OC. The highest BCUT2D eigenvalue weighted by Crippen LogP contribution is 2.42. The Morgan fingerprint density at radius 2 is 1.74 bits per heavy atom. The lowest BCUT2D eigenvalue weighted by Gasteiger charge is -2.24. The Hall–Kier alpha value is -4.28. The third-order valence-corrected chi connectivity index (χ3v) is 4.26. The first-order valence-electron chi connectivity index (χ1n) is 8.96. The van der Waals surface area contributed by atoms with Crippen LogP contribution in [0, 0.1) is 27.2 Å². The Kier molecular flexibility index (Phi) is 7.39. The number of aromatic hydroxyl groups is 1. The van der Waals surface area contributed by atoms with E-state index >= 15 is 0 Å². The fourth-order valence-electron chi connectivity index (χ4n) is 2.80. The number of benzene rings is 2. The summed E-state index contributed by atoms with van der Waals surface area (Å²) in [6, 6.07) is 4.90. The summed E-state index contributed by atoms with van der Waals surface area (Å²) in [7, 11) is 1.49. The summed E-state index contributed by atoms with van der Waals surface area (Å²) in [6.07, 6.45) is 3.48. The standard InChI is InChI=1S/C20H21N5O6/c1-5-7-23(8-6-2)16-9-13(3)15(12-19(16)31-4)21-22-20-17(25(29)30)10-14(24(27)28)11-18(20)26/h5-6,9-12,26H,1-2,7-8H2,3-4H3/b22-21+. The Balaban J connectivity index is 2.54. The van der Waals surface area contributed by atoms with Crippen molar-refractivity contribution in [2.75, 3.05) is 25.1 Å². The number of hydrogen-bond acceptors (Lipinski definition) is 9. The van der Waals surface area contributed by atoms with E-state index in [1.807, 2.05) is 11.0 Å². The third kappa shape index (κ3) is 5.21. The number of rotatable bonds is 10. The van der Waals surface area contributed by atoms with E-state index in [4.69, 9.17) is 4.74 Å². The van der Waals surface area contributed by atoms with Gasteiger partial charge in [0.25, 0.3) is 5.69 Å². The molecule has 0 fully saturated rings. The maximum absolute atomic E-state index is 11.3. The first-order valence-corrected chi connectivity index (χ1v) is 8.96. The first-order chi connectivity index (χ1) is 14.7. The molecule has 0 radical (unpaired) electrons. The maximum Gasteiger partial charge on any atom is 0.307 e. The molecule has 0 spiro atoms. The van der Waals surface area contributed by atoms with Crippen LogP contribution in [0.4, 0.5) is 28.4 Å². The zero-order chi connectivity index (χ0) is 23.1. The van der Waals surface area contributed by atoms with Crippen molar-refractivity contribution in [1.82, 2.24) is 0 Å². The second-order valence-electron chi connectivity index (χ2n) is 6.34. The highest BCUT2D eigenvalue weighted by atomic mass is 16.6. The van der Waals surface area contributed by atoms with E-state index in [2.05, 4.69) is 23.4 Å². The van der Waals surface area contributed by atoms with Gasteiger partial charge in [0.1, 0.15) is 5.75 Å². The van der Waals surface area contributed by atoms with Crippen molar-refractivity contribution in [3.05, 3.63) is 75.4 Å². The fraction of sp³-hybridized carbons (Fsp3) is 0.200. The van der Waals surface area contributed by atoms with Gasteiger partial charge in [0, 0.05) is 19.2 Å². The van der Waals surface area contributed by atoms with Gasteiger partial charge < -0.3 is 14.7 Å². The minimum Gasteiger partial charge on any atom is -0.505 e. The van der Waals surface area contributed by atoms with Crippen LogP contribution >= 0.6 is 0 Å². The van der Waals surface area contributed by atoms with Gasteiger partial charge >= 0.3 is 5.69 Å². The Morgan fingerprint density at radius 3 is 2.26 bits per heavy atom. The molecular formula is C20H21N5O6. The minimum atomic E-state index is -0.875. The summed E-state index contributed by atoms with van der Waals surface area (Å²) >= 11 is 0. The second kappa shape index (κ2) is 9.96. The number of ether oxygens (including phenoxy) is 1. The fourth-order valence-corrected chi connectivity index (χ4v) is 2.80. The molecule has 0 saturated heterocycles. The molecule has 2 aromatic rings. The number of methoxy groups -OCH3 is 1. The molecule has 0 heterocycles. The van der Waals surface area contributed by atoms with Crippen LogP contribution < -0.4 is 9.64 Å². The summed E-state index contributed by atoms with van der Waals surface area (Å²) in [5, 5.41) is 40.0. The van der Waals surface area contributed by atoms with Gasteiger partial charge in [-0.15, -0.1) is 23.4 Å². The van der Waals surface area contributed by atoms with Crippen molar-refractivity contribution in [3.63, 3.8) is 0 Å². The summed E-state index contributed by atoms with van der Waals surface area (Å²) in [5.41, 5.74) is -0.0675. The summed E-state index contributed by atoms with van der Waals surface area (Å²) in [4.78, 5) is 22.4. The highest BCUT2D eigenvalue weighted by molar-refractivity contribution is 5.71. The maximum atomic E-state index is 11.3. The van der Waals surface area contributed by atoms with Crippen LogP contribution in [0.25, 0.3) is 0 Å². The Labute approximate surface area is 177 Å². The van der Waals surface area contributed by atoms with Crippen molar-refractivity contribution in [2.24, 2.45) is 10.2 Å². The number of nitro groups is 2. The molecule has 2 rings (SSSR count). The Bertz CT molecular complexity index is 1060. The highest BCUT2D eigenvalue weighted by Gasteiger charge is 2.24. The largest absolute Gasteiger partial charge is 0.505 e. The van der Waals surface area contributed by atoms with E-state index < -0.39 is 32.7 Å². The van der Waals surface area contributed by atoms with Crippen LogP contribution in [-0.2, 0) is 0 Å². The summed E-state index contributed by atoms with van der Waals surface area (Å²) < 4.78 is 5.45. The van der Waals surface area contributed by atoms with Crippen LogP contribution in [0.2, 0.25) is 0 Å². The summed E-state index contributed by atoms with van der Waals surface area (Å²) in [5.74, 6) is -0.250. The molecule has 1 N–H and O–H groups in total. The van der Waals surface area contributed by atoms with Gasteiger partial charge in [0.2, 0.25) is 5.69 Å². The topological polar surface area (TPSA) is 144 Å². The molecule has 0 aliphatic carbocycles. The lowest BCUT2D eigenvalue weighted by Crippen LogP contribution is -2.23. The molecule has 2 aromatic carbocycles. The van der Waals surface area contributed by atoms with E-state index in [9.17, 15) is 25.3 Å². The lowest BCUT2D eigenvalue weighted by atomic mass is 10.1. The molecular weight excluding hydrogens is 406 g/mol. The molecule has 0 amide bonds. The molecule has 0 aliphatic rings. The van der Waals surface area contributed by atoms with Crippen LogP contribution in [-0.4, -0.2) is 35.2 Å². The monoisotopic (exact) mass is 427 g/mol. The third-order valence-electron chi connectivity index (χ3n) is 4.26. The van der Waals surface area contributed by atoms with E-state index in [1.54, 1.807) is 25.1 Å². The molecule has 0 aromatic heterocycles. The van der Waals surface area contributed by atoms with Crippen LogP contribution in [0.1, 0.15) is 5.56 Å². The number of phenols is 1. The van der Waals surface area contributed by atoms with E-state index in [0.717, 1.165) is 11.8 Å². The predicted molar refractivity (Wildman–Crippen MR) is 116 cm³/mol. The Morgan fingerprint density at radius 1 is 1.10 bits per heavy atom. The van der Waals surface area contributed by atoms with Gasteiger partial charge in [-0.25, -0.2) is 0 Å². The lowest BCUT2D eigenvalue weighted by molar-refractivity contribution is -0.393. The smallest absolute Gasteiger partial charge is 0.307 e. The van der Waals surface area contributed by atoms with Gasteiger partial charge in [0.05, 0.1) is 40.5 Å². The van der Waals surface area contributed by atoms with Crippen LogP contribution in [0.15, 0.2) is 59.8 Å². The number of nitro benzene ring substituents is 2. The van der Waals surface area contributed by atoms with E-state index in [0.29, 0.717) is 36.2 Å². The molecule has 0 atom stereocenters. The van der Waals surface area contributed by atoms with Crippen molar-refractivity contribution < 1.29 is 19.7 Å². The average molecular weight is 427 g/mol. The predicted octanol–water partition coefficient (Wildman–Crippen LogP) is 5.12. The van der Waals surface area contributed by atoms with Gasteiger partial charge in [-0.1, -0.05) is 12.2 Å². The van der Waals surface area contributed by atoms with Crippen LogP contribution in [0.5, 0.6) is 11.5 Å². The zero-order valence-electron chi connectivity index (χ0n) is 17.0. The van der Waals surface area contributed by atoms with Gasteiger partial charge in [-0.2, -0.15) is 0 Å². The van der Waals surface area contributed by atoms with Crippen molar-refractivity contribution in [2.45, 2.75) is 6.92 Å². The van der Waals surface area contributed by atoms with Gasteiger partial charge in [0.15, 0.2) is 5.75 Å². The molecule has 0 unspecified atom stereocenters. The molecule has 0 bridgehead atoms. The van der Waals surface area contributed by atoms with Crippen molar-refractivity contribution in [3.8, 4) is 11.5 Å². The van der Waals surface area contributed by atoms with E-state index in [-0.39, 0.29) is 0 Å². The number of aryl methyl sites for hydroxylation is 1. The second-order valence-corrected chi connectivity index (χ2v) is 6.34. The minimum absolute atomic E-state index is 0.338. The molecule has 162 valence electrons. The molecule has 11 nitrogen and oxygen atoms in total. The number of azo groups is 1.